The average molecular weight is 342 g/mol. The van der Waals surface area contributed by atoms with E-state index in [2.05, 4.69) is 20.3 Å². The molecule has 1 amide bonds. The molecule has 2 aromatic rings. The van der Waals surface area contributed by atoms with Crippen LogP contribution >= 0.6 is 0 Å². The molecule has 2 aromatic heterocycles. The van der Waals surface area contributed by atoms with Gasteiger partial charge in [-0.25, -0.2) is 4.98 Å². The molecule has 6 nitrogen and oxygen atoms in total. The van der Waals surface area contributed by atoms with E-state index in [1.165, 1.54) is 6.07 Å². The van der Waals surface area contributed by atoms with Crippen LogP contribution in [-0.2, 0) is 11.0 Å². The molecule has 0 aliphatic heterocycles. The monoisotopic (exact) mass is 342 g/mol. The number of fused-ring (bicyclic) bond motifs is 1. The van der Waals surface area contributed by atoms with E-state index in [1.807, 2.05) is 0 Å². The van der Waals surface area contributed by atoms with Crippen molar-refractivity contribution in [1.82, 2.24) is 15.0 Å². The molecule has 1 aliphatic carbocycles. The van der Waals surface area contributed by atoms with Gasteiger partial charge < -0.3 is 10.1 Å². The molecule has 1 fully saturated rings. The Hall–Kier alpha value is -2.16. The lowest BCUT2D eigenvalue weighted by atomic mass is 9.82. The second-order valence-electron chi connectivity index (χ2n) is 6.16. The molecule has 0 unspecified atom stereocenters. The second kappa shape index (κ2) is 6.04. The minimum absolute atomic E-state index is 0.0150. The molecule has 130 valence electrons. The second-order valence-corrected chi connectivity index (χ2v) is 6.16. The first kappa shape index (κ1) is 16.7. The third kappa shape index (κ3) is 3.66. The van der Waals surface area contributed by atoms with E-state index in [1.54, 1.807) is 0 Å². The fourth-order valence-corrected chi connectivity index (χ4v) is 2.97. The van der Waals surface area contributed by atoms with Crippen molar-refractivity contribution in [1.29, 1.82) is 0 Å². The Kier molecular flexibility index (Phi) is 4.20. The van der Waals surface area contributed by atoms with Crippen molar-refractivity contribution < 1.29 is 23.1 Å². The van der Waals surface area contributed by atoms with E-state index in [4.69, 9.17) is 0 Å². The molecule has 0 atom stereocenters. The van der Waals surface area contributed by atoms with Crippen LogP contribution in [-0.4, -0.2) is 31.6 Å². The van der Waals surface area contributed by atoms with Gasteiger partial charge in [0.2, 0.25) is 11.9 Å². The number of nitrogens with zero attached hydrogens (tertiary/aromatic N) is 2. The highest BCUT2D eigenvalue weighted by molar-refractivity contribution is 5.91. The number of aromatic amines is 1. The molecule has 24 heavy (non-hydrogen) atoms. The Morgan fingerprint density at radius 2 is 1.96 bits per heavy atom. The number of nitrogens with one attached hydrogen (secondary N) is 2. The molecule has 0 saturated heterocycles. The molecular weight excluding hydrogens is 325 g/mol. The lowest BCUT2D eigenvalue weighted by molar-refractivity contribution is -0.141. The van der Waals surface area contributed by atoms with Gasteiger partial charge in [-0.05, 0) is 25.0 Å². The van der Waals surface area contributed by atoms with E-state index >= 15 is 0 Å². The van der Waals surface area contributed by atoms with E-state index in [0.717, 1.165) is 25.3 Å². The predicted molar refractivity (Wildman–Crippen MR) is 80.2 cm³/mol. The van der Waals surface area contributed by atoms with Crippen LogP contribution in [0.3, 0.4) is 0 Å². The van der Waals surface area contributed by atoms with Crippen molar-refractivity contribution in [3.8, 4) is 0 Å². The Morgan fingerprint density at radius 3 is 2.62 bits per heavy atom. The number of rotatable bonds is 3. The summed E-state index contributed by atoms with van der Waals surface area (Å²) in [4.78, 5) is 22.1. The van der Waals surface area contributed by atoms with Crippen molar-refractivity contribution in [3.63, 3.8) is 0 Å². The molecule has 0 aromatic carbocycles. The number of aliphatic hydroxyl groups is 1. The zero-order valence-corrected chi connectivity index (χ0v) is 12.8. The maximum absolute atomic E-state index is 12.6. The third-order valence-corrected chi connectivity index (χ3v) is 4.17. The van der Waals surface area contributed by atoms with Crippen LogP contribution < -0.4 is 5.32 Å². The van der Waals surface area contributed by atoms with Gasteiger partial charge in [-0.1, -0.05) is 19.3 Å². The molecule has 9 heteroatoms. The number of hydrogen-bond acceptors (Lipinski definition) is 4. The number of anilines is 1. The summed E-state index contributed by atoms with van der Waals surface area (Å²) in [5.74, 6) is -0.421. The molecule has 0 spiro atoms. The first-order valence-corrected chi connectivity index (χ1v) is 7.71. The Morgan fingerprint density at radius 1 is 1.25 bits per heavy atom. The number of hydrogen-bond donors (Lipinski definition) is 3. The topological polar surface area (TPSA) is 90.9 Å². The number of imidazole rings is 1. The largest absolute Gasteiger partial charge is 0.433 e. The summed E-state index contributed by atoms with van der Waals surface area (Å²) in [5.41, 5.74) is -1.90. The average Bonchev–Trinajstić information content (AvgIpc) is 2.87. The van der Waals surface area contributed by atoms with E-state index in [9.17, 15) is 23.1 Å². The molecule has 1 aliphatic rings. The van der Waals surface area contributed by atoms with Gasteiger partial charge in [0.15, 0.2) is 5.65 Å². The van der Waals surface area contributed by atoms with Crippen LogP contribution in [0.4, 0.5) is 19.1 Å². The Bertz CT molecular complexity index is 751. The molecule has 1 saturated carbocycles. The van der Waals surface area contributed by atoms with Crippen molar-refractivity contribution in [2.24, 2.45) is 0 Å². The fourth-order valence-electron chi connectivity index (χ4n) is 2.97. The van der Waals surface area contributed by atoms with Gasteiger partial charge in [0.05, 0.1) is 17.5 Å². The van der Waals surface area contributed by atoms with Crippen LogP contribution in [0.1, 0.15) is 44.2 Å². The minimum Gasteiger partial charge on any atom is -0.389 e. The summed E-state index contributed by atoms with van der Waals surface area (Å²) in [6.45, 7) is 0. The van der Waals surface area contributed by atoms with Crippen LogP contribution in [0.2, 0.25) is 0 Å². The first-order valence-electron chi connectivity index (χ1n) is 7.71. The standard InChI is InChI=1S/C15H17F3N4O2/c16-15(17,18)10-5-4-9-12(20-10)22-13(19-9)21-11(23)8-14(24)6-2-1-3-7-14/h4-5,24H,1-3,6-8H2,(H2,19,20,21,22,23). The molecule has 3 N–H and O–H groups in total. The molecular formula is C15H17F3N4O2. The summed E-state index contributed by atoms with van der Waals surface area (Å²) in [6, 6.07) is 2.05. The Balaban J connectivity index is 1.72. The number of amides is 1. The highest BCUT2D eigenvalue weighted by atomic mass is 19.4. The summed E-state index contributed by atoms with van der Waals surface area (Å²) in [6.07, 6.45) is -0.696. The van der Waals surface area contributed by atoms with Gasteiger partial charge in [0, 0.05) is 0 Å². The smallest absolute Gasteiger partial charge is 0.389 e. The quantitative estimate of drug-likeness (QED) is 0.800. The minimum atomic E-state index is -4.55. The summed E-state index contributed by atoms with van der Waals surface area (Å²) in [7, 11) is 0. The van der Waals surface area contributed by atoms with E-state index in [-0.39, 0.29) is 23.5 Å². The van der Waals surface area contributed by atoms with Crippen LogP contribution in [0.15, 0.2) is 12.1 Å². The number of H-pyrrole nitrogens is 1. The number of halogens is 3. The lowest BCUT2D eigenvalue weighted by Gasteiger charge is -2.31. The van der Waals surface area contributed by atoms with Gasteiger partial charge >= 0.3 is 6.18 Å². The zero-order chi connectivity index (χ0) is 17.4. The number of aromatic nitrogens is 3. The van der Waals surface area contributed by atoms with Crippen LogP contribution in [0.5, 0.6) is 0 Å². The van der Waals surface area contributed by atoms with Gasteiger partial charge in [-0.15, -0.1) is 0 Å². The number of carbonyl (C=O) groups is 1. The summed E-state index contributed by atoms with van der Waals surface area (Å²) < 4.78 is 37.9. The van der Waals surface area contributed by atoms with Crippen molar-refractivity contribution in [3.05, 3.63) is 17.8 Å². The maximum atomic E-state index is 12.6. The predicted octanol–water partition coefficient (Wildman–Crippen LogP) is 3.00. The zero-order valence-electron chi connectivity index (χ0n) is 12.8. The van der Waals surface area contributed by atoms with E-state index in [0.29, 0.717) is 12.8 Å². The highest BCUT2D eigenvalue weighted by Crippen LogP contribution is 2.31. The van der Waals surface area contributed by atoms with Crippen molar-refractivity contribution >= 4 is 23.0 Å². The third-order valence-electron chi connectivity index (χ3n) is 4.17. The summed E-state index contributed by atoms with van der Waals surface area (Å²) in [5, 5.41) is 12.8. The molecule has 0 radical (unpaired) electrons. The number of alkyl halides is 3. The van der Waals surface area contributed by atoms with Gasteiger partial charge in [0.25, 0.3) is 0 Å². The highest BCUT2D eigenvalue weighted by Gasteiger charge is 2.33. The van der Waals surface area contributed by atoms with Crippen LogP contribution in [0, 0.1) is 0 Å². The fraction of sp³-hybridized carbons (Fsp3) is 0.533. The van der Waals surface area contributed by atoms with Crippen molar-refractivity contribution in [2.45, 2.75) is 50.3 Å². The Labute approximate surface area is 135 Å². The molecule has 3 rings (SSSR count). The van der Waals surface area contributed by atoms with Gasteiger partial charge in [0.1, 0.15) is 5.69 Å². The number of carbonyl (C=O) groups excluding carboxylic acids is 1. The SMILES string of the molecule is O=C(CC1(O)CCCCC1)Nc1nc2nc(C(F)(F)F)ccc2[nH]1. The molecule has 2 heterocycles. The van der Waals surface area contributed by atoms with Gasteiger partial charge in [-0.3, -0.25) is 10.1 Å². The van der Waals surface area contributed by atoms with Crippen LogP contribution in [0.25, 0.3) is 11.2 Å². The van der Waals surface area contributed by atoms with Crippen molar-refractivity contribution in [2.75, 3.05) is 5.32 Å². The van der Waals surface area contributed by atoms with Gasteiger partial charge in [-0.2, -0.15) is 18.2 Å². The number of pyridine rings is 1. The van der Waals surface area contributed by atoms with E-state index < -0.39 is 23.4 Å². The summed E-state index contributed by atoms with van der Waals surface area (Å²) >= 11 is 0. The lowest BCUT2D eigenvalue weighted by Crippen LogP contribution is -2.36. The normalized spacial score (nSPS) is 17.8. The first-order chi connectivity index (χ1) is 11.3. The molecule has 0 bridgehead atoms. The maximum Gasteiger partial charge on any atom is 0.433 e.